The van der Waals surface area contributed by atoms with E-state index >= 15 is 0 Å². The van der Waals surface area contributed by atoms with Gasteiger partial charge in [-0.25, -0.2) is 0 Å². The Balaban J connectivity index is 1.42. The summed E-state index contributed by atoms with van der Waals surface area (Å²) in [5, 5.41) is 20.3. The predicted octanol–water partition coefficient (Wildman–Crippen LogP) is 6.35. The largest absolute Gasteiger partial charge is 0.508 e. The van der Waals surface area contributed by atoms with Gasteiger partial charge >= 0.3 is 0 Å². The van der Waals surface area contributed by atoms with E-state index in [1.54, 1.807) is 24.4 Å². The molecule has 0 saturated carbocycles. The van der Waals surface area contributed by atoms with E-state index in [2.05, 4.69) is 4.98 Å². The highest BCUT2D eigenvalue weighted by Gasteiger charge is 2.38. The molecule has 0 aliphatic heterocycles. The molecule has 3 aromatic carbocycles. The topological polar surface area (TPSA) is 70.4 Å². The van der Waals surface area contributed by atoms with Crippen molar-refractivity contribution in [1.82, 2.24) is 4.98 Å². The van der Waals surface area contributed by atoms with Crippen LogP contribution in [-0.2, 0) is 4.79 Å². The fraction of sp³-hybridized carbons (Fsp3) is 0.161. The number of rotatable bonds is 7. The minimum absolute atomic E-state index is 0.0421. The SMILES string of the molecule is Cc1ccc([C@@H](O)CS[C@H]2C(=O)C=C(c3ccc(-c4cccnc4)cc3)[C@@H]2c2ccc(O)cc2)cc1. The highest BCUT2D eigenvalue weighted by atomic mass is 32.2. The van der Waals surface area contributed by atoms with E-state index in [-0.39, 0.29) is 22.7 Å². The minimum atomic E-state index is -0.660. The van der Waals surface area contributed by atoms with Crippen molar-refractivity contribution < 1.29 is 15.0 Å². The van der Waals surface area contributed by atoms with Crippen LogP contribution in [-0.4, -0.2) is 32.0 Å². The Bertz CT molecular complexity index is 1360. The quantitative estimate of drug-likeness (QED) is 0.314. The number of allylic oxidation sites excluding steroid dienone is 2. The van der Waals surface area contributed by atoms with Crippen LogP contribution >= 0.6 is 11.8 Å². The summed E-state index contributed by atoms with van der Waals surface area (Å²) in [5.74, 6) is 0.460. The Hall–Kier alpha value is -3.67. The Kier molecular flexibility index (Phi) is 7.03. The number of benzene rings is 3. The Labute approximate surface area is 215 Å². The van der Waals surface area contributed by atoms with Gasteiger partial charge < -0.3 is 10.2 Å². The minimum Gasteiger partial charge on any atom is -0.508 e. The van der Waals surface area contributed by atoms with Gasteiger partial charge in [-0.3, -0.25) is 9.78 Å². The lowest BCUT2D eigenvalue weighted by molar-refractivity contribution is -0.113. The van der Waals surface area contributed by atoms with Crippen LogP contribution in [0.3, 0.4) is 0 Å². The highest BCUT2D eigenvalue weighted by molar-refractivity contribution is 8.00. The molecule has 0 saturated heterocycles. The molecule has 2 N–H and O–H groups in total. The van der Waals surface area contributed by atoms with Crippen LogP contribution in [0.1, 0.15) is 34.3 Å². The van der Waals surface area contributed by atoms with Gasteiger partial charge in [-0.1, -0.05) is 72.3 Å². The summed E-state index contributed by atoms with van der Waals surface area (Å²) < 4.78 is 0. The molecule has 0 unspecified atom stereocenters. The summed E-state index contributed by atoms with van der Waals surface area (Å²) in [6, 6.07) is 27.0. The number of ketones is 1. The number of thioether (sulfide) groups is 1. The fourth-order valence-corrected chi connectivity index (χ4v) is 5.91. The average Bonchev–Trinajstić information content (AvgIpc) is 3.24. The third-order valence-electron chi connectivity index (χ3n) is 6.58. The van der Waals surface area contributed by atoms with Gasteiger partial charge in [0.15, 0.2) is 5.78 Å². The summed E-state index contributed by atoms with van der Waals surface area (Å²) in [6.45, 7) is 2.01. The average molecular weight is 494 g/mol. The van der Waals surface area contributed by atoms with Gasteiger partial charge in [-0.05, 0) is 64.6 Å². The normalized spacial score (nSPS) is 18.2. The molecule has 180 valence electrons. The molecule has 5 heteroatoms. The number of pyridine rings is 1. The van der Waals surface area contributed by atoms with Gasteiger partial charge in [0.1, 0.15) is 5.75 Å². The lowest BCUT2D eigenvalue weighted by Gasteiger charge is -2.24. The zero-order valence-corrected chi connectivity index (χ0v) is 20.7. The second-order valence-corrected chi connectivity index (χ2v) is 10.2. The molecular weight excluding hydrogens is 466 g/mol. The maximum absolute atomic E-state index is 13.3. The molecule has 0 radical (unpaired) electrons. The van der Waals surface area contributed by atoms with Crippen molar-refractivity contribution in [3.63, 3.8) is 0 Å². The van der Waals surface area contributed by atoms with Crippen LogP contribution in [0.25, 0.3) is 16.7 Å². The number of aryl methyl sites for hydroxylation is 1. The third kappa shape index (κ3) is 5.13. The first-order chi connectivity index (χ1) is 17.5. The summed E-state index contributed by atoms with van der Waals surface area (Å²) in [5.41, 5.74) is 6.98. The van der Waals surface area contributed by atoms with E-state index in [4.69, 9.17) is 0 Å². The molecule has 0 spiro atoms. The second kappa shape index (κ2) is 10.5. The Morgan fingerprint density at radius 1 is 0.889 bits per heavy atom. The number of phenolic OH excluding ortho intramolecular Hbond substituents is 1. The van der Waals surface area contributed by atoms with Gasteiger partial charge in [-0.2, -0.15) is 0 Å². The van der Waals surface area contributed by atoms with Crippen molar-refractivity contribution in [1.29, 1.82) is 0 Å². The molecule has 4 aromatic rings. The van der Waals surface area contributed by atoms with Crippen molar-refractivity contribution in [3.8, 4) is 16.9 Å². The summed E-state index contributed by atoms with van der Waals surface area (Å²) >= 11 is 1.48. The van der Waals surface area contributed by atoms with Crippen LogP contribution < -0.4 is 0 Å². The van der Waals surface area contributed by atoms with Gasteiger partial charge in [0, 0.05) is 24.1 Å². The lowest BCUT2D eigenvalue weighted by Crippen LogP contribution is -2.20. The second-order valence-electron chi connectivity index (χ2n) is 9.07. The monoisotopic (exact) mass is 493 g/mol. The Morgan fingerprint density at radius 3 is 2.25 bits per heavy atom. The van der Waals surface area contributed by atoms with Gasteiger partial charge in [0.05, 0.1) is 11.4 Å². The third-order valence-corrected chi connectivity index (χ3v) is 7.95. The fourth-order valence-electron chi connectivity index (χ4n) is 4.60. The zero-order valence-electron chi connectivity index (χ0n) is 19.9. The summed E-state index contributed by atoms with van der Waals surface area (Å²) in [4.78, 5) is 17.5. The molecule has 1 aromatic heterocycles. The number of aromatic nitrogens is 1. The molecule has 4 nitrogen and oxygen atoms in total. The molecular formula is C31H27NO3S. The number of phenols is 1. The first-order valence-electron chi connectivity index (χ1n) is 11.9. The molecule has 0 bridgehead atoms. The number of aromatic hydroxyl groups is 1. The lowest BCUT2D eigenvalue weighted by atomic mass is 9.87. The van der Waals surface area contributed by atoms with Crippen molar-refractivity contribution >= 4 is 23.1 Å². The molecule has 0 fully saturated rings. The van der Waals surface area contributed by atoms with Crippen LogP contribution in [0.4, 0.5) is 0 Å². The number of hydrogen-bond donors (Lipinski definition) is 2. The first-order valence-corrected chi connectivity index (χ1v) is 13.0. The number of nitrogens with zero attached hydrogens (tertiary/aromatic N) is 1. The number of aliphatic hydroxyl groups excluding tert-OH is 1. The smallest absolute Gasteiger partial charge is 0.169 e. The van der Waals surface area contributed by atoms with Crippen molar-refractivity contribution in [3.05, 3.63) is 126 Å². The first kappa shape index (κ1) is 24.0. The van der Waals surface area contributed by atoms with E-state index < -0.39 is 6.10 Å². The van der Waals surface area contributed by atoms with Gasteiger partial charge in [0.25, 0.3) is 0 Å². The molecule has 36 heavy (non-hydrogen) atoms. The standard InChI is InChI=1S/C31H27NO3S/c1-20-4-6-23(7-5-20)29(35)19-36-31-28(34)17-27(30(31)24-12-14-26(33)15-13-24)22-10-8-21(9-11-22)25-3-2-16-32-18-25/h2-18,29-31,33,35H,19H2,1H3/t29-,30-,31-/m0/s1. The molecule has 0 amide bonds. The van der Waals surface area contributed by atoms with Crippen LogP contribution in [0, 0.1) is 6.92 Å². The van der Waals surface area contributed by atoms with Crippen LogP contribution in [0.15, 0.2) is 103 Å². The maximum atomic E-state index is 13.3. The van der Waals surface area contributed by atoms with Crippen molar-refractivity contribution in [2.24, 2.45) is 0 Å². The van der Waals surface area contributed by atoms with E-state index in [1.165, 1.54) is 11.8 Å². The summed E-state index contributed by atoms with van der Waals surface area (Å²) in [6.07, 6.45) is 4.67. The van der Waals surface area contributed by atoms with E-state index in [1.807, 2.05) is 85.9 Å². The zero-order chi connectivity index (χ0) is 25.1. The number of hydrogen-bond acceptors (Lipinski definition) is 5. The van der Waals surface area contributed by atoms with Crippen molar-refractivity contribution in [2.75, 3.05) is 5.75 Å². The van der Waals surface area contributed by atoms with Crippen LogP contribution in [0.2, 0.25) is 0 Å². The van der Waals surface area contributed by atoms with Gasteiger partial charge in [0.2, 0.25) is 0 Å². The van der Waals surface area contributed by atoms with Crippen molar-refractivity contribution in [2.45, 2.75) is 24.2 Å². The van der Waals surface area contributed by atoms with E-state index in [0.29, 0.717) is 5.75 Å². The van der Waals surface area contributed by atoms with E-state index in [0.717, 1.165) is 39.0 Å². The molecule has 3 atom stereocenters. The number of aliphatic hydroxyl groups is 1. The highest BCUT2D eigenvalue weighted by Crippen LogP contribution is 2.46. The summed E-state index contributed by atoms with van der Waals surface area (Å²) in [7, 11) is 0. The molecule has 1 heterocycles. The van der Waals surface area contributed by atoms with Crippen LogP contribution in [0.5, 0.6) is 5.75 Å². The molecule has 1 aliphatic carbocycles. The maximum Gasteiger partial charge on any atom is 0.169 e. The number of carbonyl (C=O) groups excluding carboxylic acids is 1. The van der Waals surface area contributed by atoms with E-state index in [9.17, 15) is 15.0 Å². The predicted molar refractivity (Wildman–Crippen MR) is 146 cm³/mol. The Morgan fingerprint density at radius 2 is 1.58 bits per heavy atom. The molecule has 5 rings (SSSR count). The van der Waals surface area contributed by atoms with Gasteiger partial charge in [-0.15, -0.1) is 11.8 Å². The molecule has 1 aliphatic rings. The number of carbonyl (C=O) groups is 1.